The average Bonchev–Trinajstić information content (AvgIpc) is 3.25. The summed E-state index contributed by atoms with van der Waals surface area (Å²) in [5.74, 6) is -0.360. The number of benzene rings is 1. The van der Waals surface area contributed by atoms with Gasteiger partial charge in [-0.3, -0.25) is 4.79 Å². The van der Waals surface area contributed by atoms with Crippen LogP contribution < -0.4 is 19.6 Å². The van der Waals surface area contributed by atoms with Crippen molar-refractivity contribution in [3.8, 4) is 17.2 Å². The first-order chi connectivity index (χ1) is 18.1. The van der Waals surface area contributed by atoms with Crippen LogP contribution in [0.5, 0.6) is 17.2 Å². The molecule has 0 aliphatic rings. The van der Waals surface area contributed by atoms with Gasteiger partial charge in [-0.1, -0.05) is 19.9 Å². The number of ether oxygens (including phenoxy) is 3. The monoisotopic (exact) mass is 565 g/mol. The van der Waals surface area contributed by atoms with E-state index >= 15 is 0 Å². The molecule has 13 heteroatoms. The fraction of sp³-hybridized carbons (Fsp3) is 0.360. The molecule has 0 bridgehead atoms. The third kappa shape index (κ3) is 5.63. The predicted molar refractivity (Wildman–Crippen MR) is 143 cm³/mol. The summed E-state index contributed by atoms with van der Waals surface area (Å²) in [5.41, 5.74) is 2.60. The molecule has 0 saturated heterocycles. The fourth-order valence-corrected chi connectivity index (χ4v) is 8.08. The van der Waals surface area contributed by atoms with E-state index in [1.807, 2.05) is 0 Å². The maximum absolute atomic E-state index is 13.4. The van der Waals surface area contributed by atoms with Gasteiger partial charge in [-0.05, 0) is 37.1 Å². The summed E-state index contributed by atoms with van der Waals surface area (Å²) in [5, 5.41) is 3.97. The molecule has 0 spiro atoms. The van der Waals surface area contributed by atoms with Crippen molar-refractivity contribution in [1.82, 2.24) is 9.83 Å². The summed E-state index contributed by atoms with van der Waals surface area (Å²) in [7, 11) is -3.78. The Morgan fingerprint density at radius 2 is 1.50 bits per heavy atom. The summed E-state index contributed by atoms with van der Waals surface area (Å²) < 4.78 is 70.4. The minimum atomic E-state index is -4.14. The average molecular weight is 566 g/mol. The van der Waals surface area contributed by atoms with E-state index in [9.17, 15) is 21.6 Å². The van der Waals surface area contributed by atoms with Crippen molar-refractivity contribution >= 4 is 37.3 Å². The Balaban J connectivity index is 2.15. The Morgan fingerprint density at radius 1 is 0.921 bits per heavy atom. The lowest BCUT2D eigenvalue weighted by Gasteiger charge is -2.12. The van der Waals surface area contributed by atoms with Crippen LogP contribution >= 0.6 is 0 Å². The zero-order chi connectivity index (χ0) is 28.1. The highest BCUT2D eigenvalue weighted by atomic mass is 32.2. The van der Waals surface area contributed by atoms with Crippen LogP contribution in [0.3, 0.4) is 0 Å². The van der Waals surface area contributed by atoms with Gasteiger partial charge in [0.15, 0.2) is 31.2 Å². The Kier molecular flexibility index (Phi) is 9.05. The molecule has 3 rings (SSSR count). The molecule has 0 saturated carbocycles. The number of rotatable bonds is 12. The highest BCUT2D eigenvalue weighted by molar-refractivity contribution is 7.94. The van der Waals surface area contributed by atoms with Crippen molar-refractivity contribution in [2.45, 2.75) is 36.5 Å². The van der Waals surface area contributed by atoms with Crippen molar-refractivity contribution in [2.24, 2.45) is 5.10 Å². The largest absolute Gasteiger partial charge is 0.493 e. The number of methoxy groups -OCH3 is 3. The van der Waals surface area contributed by atoms with Crippen LogP contribution in [0.1, 0.15) is 42.7 Å². The number of amides is 1. The van der Waals surface area contributed by atoms with Crippen LogP contribution in [0, 0.1) is 0 Å². The zero-order valence-electron chi connectivity index (χ0n) is 21.8. The van der Waals surface area contributed by atoms with Crippen molar-refractivity contribution in [2.75, 3.05) is 32.8 Å². The van der Waals surface area contributed by atoms with Crippen LogP contribution in [-0.2, 0) is 19.7 Å². The third-order valence-corrected chi connectivity index (χ3v) is 9.68. The number of aromatic nitrogens is 1. The Morgan fingerprint density at radius 3 is 2.03 bits per heavy atom. The van der Waals surface area contributed by atoms with Crippen LogP contribution in [0.25, 0.3) is 5.52 Å². The maximum Gasteiger partial charge on any atom is 0.289 e. The van der Waals surface area contributed by atoms with E-state index in [1.165, 1.54) is 44.2 Å². The van der Waals surface area contributed by atoms with E-state index in [-0.39, 0.29) is 40.5 Å². The van der Waals surface area contributed by atoms with Crippen LogP contribution in [0.4, 0.5) is 0 Å². The summed E-state index contributed by atoms with van der Waals surface area (Å²) >= 11 is 0. The van der Waals surface area contributed by atoms with Crippen molar-refractivity contribution in [3.05, 3.63) is 47.8 Å². The molecule has 3 aromatic rings. The molecule has 1 N–H and O–H groups in total. The normalized spacial score (nSPS) is 12.1. The van der Waals surface area contributed by atoms with Gasteiger partial charge in [0, 0.05) is 11.8 Å². The summed E-state index contributed by atoms with van der Waals surface area (Å²) in [4.78, 5) is 12.5. The van der Waals surface area contributed by atoms with Gasteiger partial charge in [0.2, 0.25) is 5.75 Å². The second-order valence-corrected chi connectivity index (χ2v) is 12.4. The number of hydrazone groups is 1. The van der Waals surface area contributed by atoms with E-state index in [0.717, 1.165) is 0 Å². The van der Waals surface area contributed by atoms with Gasteiger partial charge in [-0.25, -0.2) is 22.3 Å². The number of nitrogens with zero attached hydrogens (tertiary/aromatic N) is 2. The second kappa shape index (κ2) is 11.9. The first kappa shape index (κ1) is 29.0. The Bertz CT molecular complexity index is 1550. The number of nitrogens with one attached hydrogen (secondary N) is 1. The van der Waals surface area contributed by atoms with E-state index in [1.54, 1.807) is 38.1 Å². The standard InChI is InChI=1S/C25H31N3O8S2/c1-6-12-37(30,31)23-18-10-8-9-11-28(18)21(24(23)38(32,33)13-7-2)25(29)27-26-16-17-14-19(34-3)22(36-5)20(15-17)35-4/h8-11,14-16H,6-7,12-13H2,1-5H3,(H,27,29)/b26-16+. The highest BCUT2D eigenvalue weighted by Gasteiger charge is 2.36. The topological polar surface area (TPSA) is 142 Å². The first-order valence-electron chi connectivity index (χ1n) is 11.8. The minimum Gasteiger partial charge on any atom is -0.493 e. The number of sulfone groups is 2. The van der Waals surface area contributed by atoms with Gasteiger partial charge in [0.25, 0.3) is 5.91 Å². The van der Waals surface area contributed by atoms with Crippen molar-refractivity contribution in [1.29, 1.82) is 0 Å². The van der Waals surface area contributed by atoms with E-state index in [0.29, 0.717) is 22.8 Å². The molecule has 0 radical (unpaired) electrons. The molecule has 2 heterocycles. The van der Waals surface area contributed by atoms with Gasteiger partial charge in [0.05, 0.1) is 44.6 Å². The summed E-state index contributed by atoms with van der Waals surface area (Å²) in [6.07, 6.45) is 3.28. The smallest absolute Gasteiger partial charge is 0.289 e. The third-order valence-electron chi connectivity index (χ3n) is 5.60. The molecular formula is C25H31N3O8S2. The molecule has 11 nitrogen and oxygen atoms in total. The molecule has 1 amide bonds. The number of pyridine rings is 1. The first-order valence-corrected chi connectivity index (χ1v) is 15.1. The lowest BCUT2D eigenvalue weighted by Crippen LogP contribution is -2.23. The summed E-state index contributed by atoms with van der Waals surface area (Å²) in [6.45, 7) is 3.34. The zero-order valence-corrected chi connectivity index (χ0v) is 23.5. The van der Waals surface area contributed by atoms with Gasteiger partial charge >= 0.3 is 0 Å². The van der Waals surface area contributed by atoms with E-state index < -0.39 is 30.5 Å². The SMILES string of the molecule is CCCS(=O)(=O)c1c(S(=O)(=O)CCC)c2ccccn2c1C(=O)N/N=C/c1cc(OC)c(OC)c(OC)c1. The molecule has 0 unspecified atom stereocenters. The molecule has 0 atom stereocenters. The van der Waals surface area contributed by atoms with Crippen molar-refractivity contribution in [3.63, 3.8) is 0 Å². The molecule has 0 aliphatic carbocycles. The maximum atomic E-state index is 13.4. The van der Waals surface area contributed by atoms with Crippen LogP contribution in [-0.4, -0.2) is 66.2 Å². The molecule has 206 valence electrons. The summed E-state index contributed by atoms with van der Waals surface area (Å²) in [6, 6.07) is 7.85. The van der Waals surface area contributed by atoms with E-state index in [4.69, 9.17) is 14.2 Å². The van der Waals surface area contributed by atoms with Gasteiger partial charge in [-0.2, -0.15) is 5.10 Å². The highest BCUT2D eigenvalue weighted by Crippen LogP contribution is 2.38. The lowest BCUT2D eigenvalue weighted by molar-refractivity contribution is 0.0945. The number of hydrogen-bond donors (Lipinski definition) is 1. The lowest BCUT2D eigenvalue weighted by atomic mass is 10.2. The molecule has 0 fully saturated rings. The van der Waals surface area contributed by atoms with Gasteiger partial charge in [-0.15, -0.1) is 0 Å². The van der Waals surface area contributed by atoms with Gasteiger partial charge in [0.1, 0.15) is 15.5 Å². The Hall–Kier alpha value is -3.58. The van der Waals surface area contributed by atoms with E-state index in [2.05, 4.69) is 10.5 Å². The molecule has 1 aromatic carbocycles. The molecule has 2 aromatic heterocycles. The van der Waals surface area contributed by atoms with Crippen LogP contribution in [0.15, 0.2) is 51.4 Å². The van der Waals surface area contributed by atoms with Gasteiger partial charge < -0.3 is 18.6 Å². The molecule has 0 aliphatic heterocycles. The quantitative estimate of drug-likeness (QED) is 0.261. The van der Waals surface area contributed by atoms with Crippen molar-refractivity contribution < 1.29 is 35.8 Å². The second-order valence-electron chi connectivity index (χ2n) is 8.26. The van der Waals surface area contributed by atoms with Crippen LogP contribution in [0.2, 0.25) is 0 Å². The molecule has 38 heavy (non-hydrogen) atoms. The number of fused-ring (bicyclic) bond motifs is 1. The minimum absolute atomic E-state index is 0.106. The predicted octanol–water partition coefficient (Wildman–Crippen LogP) is 3.10. The number of carbonyl (C=O) groups is 1. The Labute approximate surface area is 222 Å². The number of carbonyl (C=O) groups excluding carboxylic acids is 1. The number of hydrogen-bond acceptors (Lipinski definition) is 9. The molecular weight excluding hydrogens is 534 g/mol. The fourth-order valence-electron chi connectivity index (χ4n) is 4.09.